The zero-order chi connectivity index (χ0) is 15.0. The van der Waals surface area contributed by atoms with Crippen LogP contribution in [0.4, 0.5) is 0 Å². The maximum Gasteiger partial charge on any atom is 0.252 e. The Balaban J connectivity index is 2.12. The van der Waals surface area contributed by atoms with Crippen LogP contribution in [0, 0.1) is 6.92 Å². The number of rotatable bonds is 3. The molecule has 106 valence electrons. The van der Waals surface area contributed by atoms with Gasteiger partial charge >= 0.3 is 0 Å². The Morgan fingerprint density at radius 1 is 1.33 bits per heavy atom. The molecule has 0 spiro atoms. The number of benzene rings is 1. The van der Waals surface area contributed by atoms with Crippen molar-refractivity contribution in [2.45, 2.75) is 6.92 Å². The first kappa shape index (κ1) is 13.8. The average Bonchev–Trinajstić information content (AvgIpc) is 2.79. The highest BCUT2D eigenvalue weighted by Gasteiger charge is 2.15. The minimum absolute atomic E-state index is 0.0934. The van der Waals surface area contributed by atoms with E-state index in [-0.39, 0.29) is 10.8 Å². The molecule has 0 unspecified atom stereocenters. The number of ether oxygens (including phenoxy) is 1. The van der Waals surface area contributed by atoms with E-state index in [1.165, 1.54) is 11.3 Å². The Bertz CT molecular complexity index is 847. The first-order chi connectivity index (χ1) is 10.0. The summed E-state index contributed by atoms with van der Waals surface area (Å²) < 4.78 is 5.75. The van der Waals surface area contributed by atoms with Gasteiger partial charge in [0.25, 0.3) is 5.91 Å². The quantitative estimate of drug-likeness (QED) is 0.749. The molecule has 1 amide bonds. The standard InChI is InChI=1S/C14H10ClN3O2S/c1-7-6-9-12(17-14(15)18-13(9)21-7)20-10-5-3-2-4-8(10)11(16)19/h2-6H,1H3,(H2,16,19). The Hall–Kier alpha value is -2.18. The van der Waals surface area contributed by atoms with Crippen molar-refractivity contribution in [3.8, 4) is 11.6 Å². The molecule has 2 aromatic heterocycles. The van der Waals surface area contributed by atoms with Crippen LogP contribution in [0.5, 0.6) is 11.6 Å². The fourth-order valence-corrected chi connectivity index (χ4v) is 3.01. The molecule has 0 aliphatic heterocycles. The maximum atomic E-state index is 11.4. The third-order valence-corrected chi connectivity index (χ3v) is 3.93. The summed E-state index contributed by atoms with van der Waals surface area (Å²) >= 11 is 7.41. The van der Waals surface area contributed by atoms with Crippen molar-refractivity contribution in [3.63, 3.8) is 0 Å². The van der Waals surface area contributed by atoms with Crippen LogP contribution in [-0.2, 0) is 0 Å². The molecule has 0 aliphatic rings. The number of para-hydroxylation sites is 1. The van der Waals surface area contributed by atoms with E-state index >= 15 is 0 Å². The maximum absolute atomic E-state index is 11.4. The summed E-state index contributed by atoms with van der Waals surface area (Å²) in [5, 5.41) is 0.845. The number of carbonyl (C=O) groups excluding carboxylic acids is 1. The molecule has 7 heteroatoms. The molecule has 2 heterocycles. The summed E-state index contributed by atoms with van der Waals surface area (Å²) in [4.78, 5) is 21.5. The molecule has 3 aromatic rings. The number of halogens is 1. The van der Waals surface area contributed by atoms with Crippen molar-refractivity contribution < 1.29 is 9.53 Å². The molecule has 0 saturated carbocycles. The summed E-state index contributed by atoms with van der Waals surface area (Å²) in [5.41, 5.74) is 5.62. The van der Waals surface area contributed by atoms with Crippen molar-refractivity contribution in [2.75, 3.05) is 0 Å². The van der Waals surface area contributed by atoms with Gasteiger partial charge in [0.05, 0.1) is 10.9 Å². The number of fused-ring (bicyclic) bond motifs is 1. The molecule has 3 rings (SSSR count). The first-order valence-corrected chi connectivity index (χ1v) is 7.24. The number of aryl methyl sites for hydroxylation is 1. The van der Waals surface area contributed by atoms with Crippen LogP contribution in [0.3, 0.4) is 0 Å². The molecule has 0 bridgehead atoms. The molecule has 0 aliphatic carbocycles. The number of primary amides is 1. The van der Waals surface area contributed by atoms with Gasteiger partial charge in [-0.3, -0.25) is 4.79 Å². The van der Waals surface area contributed by atoms with Gasteiger partial charge in [-0.25, -0.2) is 4.98 Å². The molecule has 0 radical (unpaired) electrons. The molecular formula is C14H10ClN3O2S. The van der Waals surface area contributed by atoms with Gasteiger partial charge in [0.2, 0.25) is 11.2 Å². The summed E-state index contributed by atoms with van der Waals surface area (Å²) in [7, 11) is 0. The molecule has 1 aromatic carbocycles. The molecular weight excluding hydrogens is 310 g/mol. The highest BCUT2D eigenvalue weighted by molar-refractivity contribution is 7.18. The highest BCUT2D eigenvalue weighted by atomic mass is 35.5. The monoisotopic (exact) mass is 319 g/mol. The van der Waals surface area contributed by atoms with E-state index < -0.39 is 5.91 Å². The van der Waals surface area contributed by atoms with Crippen molar-refractivity contribution in [1.82, 2.24) is 9.97 Å². The predicted molar refractivity (Wildman–Crippen MR) is 82.2 cm³/mol. The molecule has 0 saturated heterocycles. The van der Waals surface area contributed by atoms with Gasteiger partial charge in [-0.05, 0) is 36.7 Å². The number of carbonyl (C=O) groups is 1. The van der Waals surface area contributed by atoms with Crippen LogP contribution in [0.2, 0.25) is 5.28 Å². The second-order valence-electron chi connectivity index (χ2n) is 4.34. The van der Waals surface area contributed by atoms with E-state index in [9.17, 15) is 4.79 Å². The Morgan fingerprint density at radius 3 is 2.86 bits per heavy atom. The third-order valence-electron chi connectivity index (χ3n) is 2.81. The zero-order valence-electron chi connectivity index (χ0n) is 11.0. The van der Waals surface area contributed by atoms with Crippen LogP contribution in [0.15, 0.2) is 30.3 Å². The summed E-state index contributed by atoms with van der Waals surface area (Å²) in [6.07, 6.45) is 0. The largest absolute Gasteiger partial charge is 0.437 e. The minimum Gasteiger partial charge on any atom is -0.437 e. The van der Waals surface area contributed by atoms with E-state index in [1.54, 1.807) is 24.3 Å². The van der Waals surface area contributed by atoms with Gasteiger partial charge in [0.15, 0.2) is 0 Å². The SMILES string of the molecule is Cc1cc2c(Oc3ccccc3C(N)=O)nc(Cl)nc2s1. The van der Waals surface area contributed by atoms with E-state index in [2.05, 4.69) is 9.97 Å². The highest BCUT2D eigenvalue weighted by Crippen LogP contribution is 2.34. The zero-order valence-corrected chi connectivity index (χ0v) is 12.5. The number of hydrogen-bond donors (Lipinski definition) is 1. The number of thiophene rings is 1. The first-order valence-electron chi connectivity index (χ1n) is 6.05. The molecule has 0 atom stereocenters. The second kappa shape index (κ2) is 5.31. The van der Waals surface area contributed by atoms with Gasteiger partial charge in [-0.1, -0.05) is 12.1 Å². The van der Waals surface area contributed by atoms with E-state index in [0.717, 1.165) is 15.1 Å². The lowest BCUT2D eigenvalue weighted by Gasteiger charge is -2.09. The van der Waals surface area contributed by atoms with Crippen molar-refractivity contribution in [2.24, 2.45) is 5.73 Å². The number of nitrogens with zero attached hydrogens (tertiary/aromatic N) is 2. The van der Waals surface area contributed by atoms with Gasteiger partial charge in [-0.2, -0.15) is 4.98 Å². The van der Waals surface area contributed by atoms with Crippen molar-refractivity contribution >= 4 is 39.1 Å². The lowest BCUT2D eigenvalue weighted by atomic mass is 10.2. The molecule has 21 heavy (non-hydrogen) atoms. The third kappa shape index (κ3) is 2.68. The summed E-state index contributed by atoms with van der Waals surface area (Å²) in [6.45, 7) is 1.96. The Labute approximate surface area is 129 Å². The van der Waals surface area contributed by atoms with E-state index in [1.807, 2.05) is 13.0 Å². The van der Waals surface area contributed by atoms with Gasteiger partial charge in [0, 0.05) is 4.88 Å². The predicted octanol–water partition coefficient (Wildman–Crippen LogP) is 3.54. The van der Waals surface area contributed by atoms with Crippen molar-refractivity contribution in [1.29, 1.82) is 0 Å². The smallest absolute Gasteiger partial charge is 0.252 e. The van der Waals surface area contributed by atoms with Crippen LogP contribution >= 0.6 is 22.9 Å². The van der Waals surface area contributed by atoms with Crippen LogP contribution in [0.1, 0.15) is 15.2 Å². The van der Waals surface area contributed by atoms with E-state index in [4.69, 9.17) is 22.1 Å². The van der Waals surface area contributed by atoms with Crippen molar-refractivity contribution in [3.05, 3.63) is 46.1 Å². The Morgan fingerprint density at radius 2 is 2.10 bits per heavy atom. The Kier molecular flexibility index (Phi) is 3.48. The fraction of sp³-hybridized carbons (Fsp3) is 0.0714. The summed E-state index contributed by atoms with van der Waals surface area (Å²) in [5.74, 6) is 0.0801. The van der Waals surface area contributed by atoms with Crippen LogP contribution in [-0.4, -0.2) is 15.9 Å². The van der Waals surface area contributed by atoms with Crippen LogP contribution < -0.4 is 10.5 Å². The van der Waals surface area contributed by atoms with Gasteiger partial charge < -0.3 is 10.5 Å². The molecule has 0 fully saturated rings. The average molecular weight is 320 g/mol. The molecule has 2 N–H and O–H groups in total. The van der Waals surface area contributed by atoms with Crippen LogP contribution in [0.25, 0.3) is 10.2 Å². The molecule has 5 nitrogen and oxygen atoms in total. The fourth-order valence-electron chi connectivity index (χ4n) is 1.93. The lowest BCUT2D eigenvalue weighted by molar-refractivity contribution is 0.0998. The van der Waals surface area contributed by atoms with E-state index in [0.29, 0.717) is 11.6 Å². The number of amides is 1. The topological polar surface area (TPSA) is 78.1 Å². The number of aromatic nitrogens is 2. The van der Waals surface area contributed by atoms with Gasteiger partial charge in [-0.15, -0.1) is 11.3 Å². The second-order valence-corrected chi connectivity index (χ2v) is 5.91. The summed E-state index contributed by atoms with van der Waals surface area (Å²) in [6, 6.07) is 8.63. The van der Waals surface area contributed by atoms with Gasteiger partial charge in [0.1, 0.15) is 10.6 Å². The number of nitrogens with two attached hydrogens (primary N) is 1. The normalized spacial score (nSPS) is 10.8. The lowest BCUT2D eigenvalue weighted by Crippen LogP contribution is -2.12. The number of hydrogen-bond acceptors (Lipinski definition) is 5. The minimum atomic E-state index is -0.566.